The molecule has 6 nitrogen and oxygen atoms in total. The lowest BCUT2D eigenvalue weighted by Crippen LogP contribution is -2.57. The van der Waals surface area contributed by atoms with Crippen molar-refractivity contribution in [3.63, 3.8) is 0 Å². The predicted octanol–water partition coefficient (Wildman–Crippen LogP) is 1.19. The largest absolute Gasteiger partial charge is 0.357 e. The quantitative estimate of drug-likeness (QED) is 0.591. The van der Waals surface area contributed by atoms with Crippen molar-refractivity contribution in [2.75, 3.05) is 51.6 Å². The van der Waals surface area contributed by atoms with Crippen LogP contribution in [0.5, 0.6) is 0 Å². The van der Waals surface area contributed by atoms with Gasteiger partial charge in [-0.15, -0.1) is 0 Å². The van der Waals surface area contributed by atoms with E-state index in [2.05, 4.69) is 29.0 Å². The number of rotatable bonds is 5. The minimum absolute atomic E-state index is 0.206. The summed E-state index contributed by atoms with van der Waals surface area (Å²) in [5, 5.41) is 3.35. The van der Waals surface area contributed by atoms with Crippen LogP contribution in [0.1, 0.15) is 40.5 Å². The van der Waals surface area contributed by atoms with Gasteiger partial charge in [-0.3, -0.25) is 4.99 Å². The Kier molecular flexibility index (Phi) is 6.53. The van der Waals surface area contributed by atoms with Crippen molar-refractivity contribution in [2.45, 2.75) is 45.3 Å². The number of guanidine groups is 1. The van der Waals surface area contributed by atoms with E-state index in [4.69, 9.17) is 4.99 Å². The molecule has 2 fully saturated rings. The highest BCUT2D eigenvalue weighted by Gasteiger charge is 2.41. The van der Waals surface area contributed by atoms with E-state index in [9.17, 15) is 8.42 Å². The van der Waals surface area contributed by atoms with Gasteiger partial charge in [0.25, 0.3) is 0 Å². The van der Waals surface area contributed by atoms with Crippen LogP contribution in [0.15, 0.2) is 4.99 Å². The molecule has 2 heterocycles. The molecule has 2 rings (SSSR count). The van der Waals surface area contributed by atoms with Gasteiger partial charge in [-0.2, -0.15) is 0 Å². The van der Waals surface area contributed by atoms with Crippen LogP contribution in [0.25, 0.3) is 0 Å². The Hall–Kier alpha value is -0.820. The molecular weight excluding hydrogens is 324 g/mol. The van der Waals surface area contributed by atoms with Crippen molar-refractivity contribution in [3.8, 4) is 0 Å². The van der Waals surface area contributed by atoms with E-state index in [-0.39, 0.29) is 5.75 Å². The van der Waals surface area contributed by atoms with E-state index in [0.717, 1.165) is 25.6 Å². The van der Waals surface area contributed by atoms with Crippen molar-refractivity contribution in [3.05, 3.63) is 0 Å². The van der Waals surface area contributed by atoms with E-state index in [1.807, 2.05) is 13.8 Å². The number of hydrogen-bond acceptors (Lipinski definition) is 4. The van der Waals surface area contributed by atoms with Gasteiger partial charge in [0.05, 0.1) is 10.5 Å². The van der Waals surface area contributed by atoms with E-state index >= 15 is 0 Å². The molecule has 2 saturated heterocycles. The number of nitrogens with zero attached hydrogens (tertiary/aromatic N) is 3. The van der Waals surface area contributed by atoms with Gasteiger partial charge >= 0.3 is 0 Å². The molecule has 7 heteroatoms. The molecule has 0 aromatic rings. The van der Waals surface area contributed by atoms with E-state index in [1.54, 1.807) is 0 Å². The highest BCUT2D eigenvalue weighted by atomic mass is 32.2. The maximum atomic E-state index is 12.2. The van der Waals surface area contributed by atoms with Gasteiger partial charge in [0.15, 0.2) is 15.8 Å². The molecule has 2 aliphatic heterocycles. The first kappa shape index (κ1) is 19.5. The zero-order chi connectivity index (χ0) is 17.8. The second-order valence-electron chi connectivity index (χ2n) is 7.65. The zero-order valence-corrected chi connectivity index (χ0v) is 16.5. The summed E-state index contributed by atoms with van der Waals surface area (Å²) in [5.74, 6) is 1.69. The van der Waals surface area contributed by atoms with Gasteiger partial charge in [-0.1, -0.05) is 6.92 Å². The van der Waals surface area contributed by atoms with Crippen LogP contribution in [0.4, 0.5) is 0 Å². The lowest BCUT2D eigenvalue weighted by Gasteiger charge is -2.39. The molecule has 1 atom stereocenters. The topological polar surface area (TPSA) is 65.0 Å². The van der Waals surface area contributed by atoms with Crippen LogP contribution < -0.4 is 5.32 Å². The minimum atomic E-state index is -3.02. The summed E-state index contributed by atoms with van der Waals surface area (Å²) in [6.45, 7) is 14.1. The van der Waals surface area contributed by atoms with Crippen LogP contribution in [-0.4, -0.2) is 80.5 Å². The summed E-state index contributed by atoms with van der Waals surface area (Å²) in [7, 11) is -3.02. The molecule has 0 spiro atoms. The number of hydrogen-bond donors (Lipinski definition) is 1. The van der Waals surface area contributed by atoms with Gasteiger partial charge < -0.3 is 15.1 Å². The van der Waals surface area contributed by atoms with Crippen LogP contribution in [0.3, 0.4) is 0 Å². The Morgan fingerprint density at radius 3 is 2.67 bits per heavy atom. The van der Waals surface area contributed by atoms with Crippen molar-refractivity contribution in [2.24, 2.45) is 10.9 Å². The molecule has 0 radical (unpaired) electrons. The molecule has 0 aromatic heterocycles. The normalized spacial score (nSPS) is 27.4. The van der Waals surface area contributed by atoms with Gasteiger partial charge in [0.2, 0.25) is 0 Å². The number of likely N-dealkylation sites (tertiary alicyclic amines) is 1. The van der Waals surface area contributed by atoms with E-state index in [1.165, 1.54) is 25.9 Å². The highest BCUT2D eigenvalue weighted by Crippen LogP contribution is 2.24. The molecule has 2 aliphatic rings. The standard InChI is InChI=1S/C17H34N4O2S/c1-5-8-20-9-7-15(13-20)12-19-16(18-6-2)21-10-11-24(22,23)17(3,4)14-21/h15H,5-14H2,1-4H3,(H,18,19). The number of nitrogens with one attached hydrogen (secondary N) is 1. The predicted molar refractivity (Wildman–Crippen MR) is 100 cm³/mol. The Labute approximate surface area is 147 Å². The first-order valence-corrected chi connectivity index (χ1v) is 10.9. The fraction of sp³-hybridized carbons (Fsp3) is 0.941. The van der Waals surface area contributed by atoms with Crippen LogP contribution >= 0.6 is 0 Å². The van der Waals surface area contributed by atoms with Crippen LogP contribution in [0.2, 0.25) is 0 Å². The maximum absolute atomic E-state index is 12.2. The lowest BCUT2D eigenvalue weighted by atomic mass is 10.1. The smallest absolute Gasteiger partial charge is 0.194 e. The summed E-state index contributed by atoms with van der Waals surface area (Å²) in [6, 6.07) is 0. The zero-order valence-electron chi connectivity index (χ0n) is 15.7. The fourth-order valence-corrected chi connectivity index (χ4v) is 4.91. The Morgan fingerprint density at radius 1 is 1.29 bits per heavy atom. The summed E-state index contributed by atoms with van der Waals surface area (Å²) in [5.41, 5.74) is 0. The van der Waals surface area contributed by atoms with Gasteiger partial charge in [0.1, 0.15) is 0 Å². The third-order valence-corrected chi connectivity index (χ3v) is 7.62. The Morgan fingerprint density at radius 2 is 2.04 bits per heavy atom. The van der Waals surface area contributed by atoms with Crippen molar-refractivity contribution < 1.29 is 8.42 Å². The van der Waals surface area contributed by atoms with E-state index in [0.29, 0.717) is 19.0 Å². The third kappa shape index (κ3) is 4.63. The average molecular weight is 359 g/mol. The summed E-state index contributed by atoms with van der Waals surface area (Å²) < 4.78 is 23.7. The molecule has 24 heavy (non-hydrogen) atoms. The first-order valence-electron chi connectivity index (χ1n) is 9.27. The molecule has 1 N–H and O–H groups in total. The van der Waals surface area contributed by atoms with Gasteiger partial charge in [-0.05, 0) is 52.6 Å². The molecule has 1 unspecified atom stereocenters. The molecule has 0 aromatic carbocycles. The lowest BCUT2D eigenvalue weighted by molar-refractivity contribution is 0.325. The van der Waals surface area contributed by atoms with Crippen LogP contribution in [-0.2, 0) is 9.84 Å². The molecule has 0 bridgehead atoms. The van der Waals surface area contributed by atoms with Crippen molar-refractivity contribution in [1.29, 1.82) is 0 Å². The molecule has 0 saturated carbocycles. The van der Waals surface area contributed by atoms with Crippen LogP contribution in [0, 0.1) is 5.92 Å². The maximum Gasteiger partial charge on any atom is 0.194 e. The monoisotopic (exact) mass is 358 g/mol. The molecule has 0 aliphatic carbocycles. The minimum Gasteiger partial charge on any atom is -0.357 e. The summed E-state index contributed by atoms with van der Waals surface area (Å²) in [6.07, 6.45) is 2.42. The SMILES string of the molecule is CCCN1CCC(CN=C(NCC)N2CCS(=O)(=O)C(C)(C)C2)C1. The number of aliphatic imine (C=N–C) groups is 1. The van der Waals surface area contributed by atoms with Crippen molar-refractivity contribution >= 4 is 15.8 Å². The third-order valence-electron chi connectivity index (χ3n) is 5.09. The Bertz CT molecular complexity index is 545. The highest BCUT2D eigenvalue weighted by molar-refractivity contribution is 7.92. The second kappa shape index (κ2) is 8.04. The van der Waals surface area contributed by atoms with Gasteiger partial charge in [-0.25, -0.2) is 8.42 Å². The molecular formula is C17H34N4O2S. The number of sulfone groups is 1. The molecule has 140 valence electrons. The fourth-order valence-electron chi connectivity index (χ4n) is 3.55. The first-order chi connectivity index (χ1) is 11.3. The second-order valence-corrected chi connectivity index (χ2v) is 10.4. The average Bonchev–Trinajstić information content (AvgIpc) is 2.94. The van der Waals surface area contributed by atoms with Gasteiger partial charge in [0, 0.05) is 32.7 Å². The summed E-state index contributed by atoms with van der Waals surface area (Å²) >= 11 is 0. The summed E-state index contributed by atoms with van der Waals surface area (Å²) in [4.78, 5) is 9.47. The van der Waals surface area contributed by atoms with E-state index < -0.39 is 14.6 Å². The molecule has 0 amide bonds. The van der Waals surface area contributed by atoms with Crippen molar-refractivity contribution in [1.82, 2.24) is 15.1 Å². The Balaban J connectivity index is 1.99.